The maximum atomic E-state index is 11.9. The van der Waals surface area contributed by atoms with Crippen LogP contribution in [0, 0.1) is 0 Å². The molecule has 0 aliphatic heterocycles. The fraction of sp³-hybridized carbons (Fsp3) is 0.308. The quantitative estimate of drug-likeness (QED) is 0.874. The minimum atomic E-state index is -0.160. The van der Waals surface area contributed by atoms with Gasteiger partial charge < -0.3 is 10.4 Å². The first-order valence-electron chi connectivity index (χ1n) is 5.65. The molecule has 0 bridgehead atoms. The van der Waals surface area contributed by atoms with E-state index in [1.54, 1.807) is 0 Å². The average molecular weight is 249 g/mol. The summed E-state index contributed by atoms with van der Waals surface area (Å²) in [5.41, 5.74) is 0. The smallest absolute Gasteiger partial charge is 0.261 e. The van der Waals surface area contributed by atoms with Gasteiger partial charge in [-0.2, -0.15) is 0 Å². The van der Waals surface area contributed by atoms with Crippen molar-refractivity contribution in [2.24, 2.45) is 0 Å². The summed E-state index contributed by atoms with van der Waals surface area (Å²) in [6, 6.07) is 9.64. The van der Waals surface area contributed by atoms with Gasteiger partial charge in [0.25, 0.3) is 5.91 Å². The first-order chi connectivity index (χ1) is 8.24. The molecule has 2 N–H and O–H groups in total. The first kappa shape index (κ1) is 12.1. The molecule has 0 unspecified atom stereocenters. The SMILES string of the molecule is CC[C@@H](CO)NC(=O)c1cc2ccccc2s1. The van der Waals surface area contributed by atoms with Gasteiger partial charge in [-0.3, -0.25) is 4.79 Å². The van der Waals surface area contributed by atoms with Gasteiger partial charge in [-0.1, -0.05) is 25.1 Å². The second kappa shape index (κ2) is 5.29. The van der Waals surface area contributed by atoms with Crippen LogP contribution in [-0.4, -0.2) is 23.7 Å². The Balaban J connectivity index is 2.19. The number of fused-ring (bicyclic) bond motifs is 1. The van der Waals surface area contributed by atoms with Gasteiger partial charge in [0.1, 0.15) is 0 Å². The molecule has 0 radical (unpaired) electrons. The number of carbonyl (C=O) groups is 1. The van der Waals surface area contributed by atoms with Crippen molar-refractivity contribution < 1.29 is 9.90 Å². The Bertz CT molecular complexity index is 484. The highest BCUT2D eigenvalue weighted by molar-refractivity contribution is 7.20. The van der Waals surface area contributed by atoms with Crippen molar-refractivity contribution in [2.75, 3.05) is 6.61 Å². The lowest BCUT2D eigenvalue weighted by Crippen LogP contribution is -2.36. The number of hydrogen-bond donors (Lipinski definition) is 2. The molecule has 2 rings (SSSR count). The normalized spacial score (nSPS) is 12.6. The Labute approximate surface area is 104 Å². The number of hydrogen-bond acceptors (Lipinski definition) is 3. The van der Waals surface area contributed by atoms with E-state index in [9.17, 15) is 4.79 Å². The molecule has 90 valence electrons. The van der Waals surface area contributed by atoms with Crippen LogP contribution in [-0.2, 0) is 0 Å². The van der Waals surface area contributed by atoms with Crippen molar-refractivity contribution in [3.63, 3.8) is 0 Å². The van der Waals surface area contributed by atoms with Crippen LogP contribution in [0.15, 0.2) is 30.3 Å². The molecule has 1 aromatic heterocycles. The number of aliphatic hydroxyl groups excluding tert-OH is 1. The zero-order chi connectivity index (χ0) is 12.3. The van der Waals surface area contributed by atoms with Crippen LogP contribution in [0.25, 0.3) is 10.1 Å². The lowest BCUT2D eigenvalue weighted by molar-refractivity contribution is 0.0919. The zero-order valence-corrected chi connectivity index (χ0v) is 10.5. The number of rotatable bonds is 4. The highest BCUT2D eigenvalue weighted by Gasteiger charge is 2.13. The van der Waals surface area contributed by atoms with E-state index in [1.165, 1.54) is 11.3 Å². The van der Waals surface area contributed by atoms with E-state index in [4.69, 9.17) is 5.11 Å². The molecule has 2 aromatic rings. The van der Waals surface area contributed by atoms with Crippen LogP contribution < -0.4 is 5.32 Å². The molecule has 0 aliphatic rings. The van der Waals surface area contributed by atoms with Crippen molar-refractivity contribution in [3.05, 3.63) is 35.2 Å². The summed E-state index contributed by atoms with van der Waals surface area (Å²) in [5.74, 6) is -0.105. The van der Waals surface area contributed by atoms with Crippen molar-refractivity contribution >= 4 is 27.3 Å². The number of amides is 1. The fourth-order valence-corrected chi connectivity index (χ4v) is 2.59. The van der Waals surface area contributed by atoms with E-state index in [2.05, 4.69) is 5.32 Å². The van der Waals surface area contributed by atoms with E-state index in [0.29, 0.717) is 4.88 Å². The van der Waals surface area contributed by atoms with E-state index < -0.39 is 0 Å². The lowest BCUT2D eigenvalue weighted by atomic mass is 10.2. The molecule has 17 heavy (non-hydrogen) atoms. The maximum absolute atomic E-state index is 11.9. The van der Waals surface area contributed by atoms with Gasteiger partial charge in [0, 0.05) is 4.70 Å². The molecular formula is C13H15NO2S. The number of thiophene rings is 1. The van der Waals surface area contributed by atoms with Crippen LogP contribution in [0.2, 0.25) is 0 Å². The molecule has 1 heterocycles. The third-order valence-corrected chi connectivity index (χ3v) is 3.81. The second-order valence-corrected chi connectivity index (χ2v) is 4.99. The molecule has 1 atom stereocenters. The van der Waals surface area contributed by atoms with Gasteiger partial charge in [0.2, 0.25) is 0 Å². The van der Waals surface area contributed by atoms with Crippen molar-refractivity contribution in [1.82, 2.24) is 5.32 Å². The summed E-state index contributed by atoms with van der Waals surface area (Å²) >= 11 is 1.47. The molecule has 3 nitrogen and oxygen atoms in total. The molecule has 0 fully saturated rings. The minimum absolute atomic E-state index is 0.0207. The Kier molecular flexibility index (Phi) is 3.76. The van der Waals surface area contributed by atoms with E-state index in [0.717, 1.165) is 16.5 Å². The summed E-state index contributed by atoms with van der Waals surface area (Å²) < 4.78 is 1.11. The Morgan fingerprint density at radius 3 is 2.88 bits per heavy atom. The molecule has 0 saturated carbocycles. The molecule has 1 aromatic carbocycles. The fourth-order valence-electron chi connectivity index (χ4n) is 1.63. The Hall–Kier alpha value is -1.39. The van der Waals surface area contributed by atoms with Crippen LogP contribution in [0.1, 0.15) is 23.0 Å². The molecule has 0 spiro atoms. The lowest BCUT2D eigenvalue weighted by Gasteiger charge is -2.12. The van der Waals surface area contributed by atoms with Crippen LogP contribution in [0.3, 0.4) is 0 Å². The van der Waals surface area contributed by atoms with Crippen LogP contribution in [0.4, 0.5) is 0 Å². The van der Waals surface area contributed by atoms with Crippen molar-refractivity contribution in [3.8, 4) is 0 Å². The Morgan fingerprint density at radius 1 is 1.47 bits per heavy atom. The van der Waals surface area contributed by atoms with Crippen LogP contribution >= 0.6 is 11.3 Å². The molecular weight excluding hydrogens is 234 g/mol. The zero-order valence-electron chi connectivity index (χ0n) is 9.64. The molecule has 4 heteroatoms. The van der Waals surface area contributed by atoms with Gasteiger partial charge >= 0.3 is 0 Å². The third kappa shape index (κ3) is 2.65. The summed E-state index contributed by atoms with van der Waals surface area (Å²) in [7, 11) is 0. The number of nitrogens with one attached hydrogen (secondary N) is 1. The van der Waals surface area contributed by atoms with Crippen LogP contribution in [0.5, 0.6) is 0 Å². The minimum Gasteiger partial charge on any atom is -0.394 e. The monoisotopic (exact) mass is 249 g/mol. The maximum Gasteiger partial charge on any atom is 0.261 e. The predicted octanol–water partition coefficient (Wildman–Crippen LogP) is 2.40. The van der Waals surface area contributed by atoms with Crippen molar-refractivity contribution in [2.45, 2.75) is 19.4 Å². The summed E-state index contributed by atoms with van der Waals surface area (Å²) in [6.07, 6.45) is 0.729. The third-order valence-electron chi connectivity index (χ3n) is 2.70. The topological polar surface area (TPSA) is 49.3 Å². The standard InChI is InChI=1S/C13H15NO2S/c1-2-10(8-15)14-13(16)12-7-9-5-3-4-6-11(9)17-12/h3-7,10,15H,2,8H2,1H3,(H,14,16)/t10-/m0/s1. The van der Waals surface area contributed by atoms with Gasteiger partial charge in [-0.25, -0.2) is 0 Å². The average Bonchev–Trinajstić information content (AvgIpc) is 2.79. The molecule has 0 aliphatic carbocycles. The van der Waals surface area contributed by atoms with E-state index >= 15 is 0 Å². The number of aliphatic hydroxyl groups is 1. The van der Waals surface area contributed by atoms with Gasteiger partial charge in [0.15, 0.2) is 0 Å². The van der Waals surface area contributed by atoms with E-state index in [-0.39, 0.29) is 18.6 Å². The summed E-state index contributed by atoms with van der Waals surface area (Å²) in [5, 5.41) is 12.9. The molecule has 0 saturated heterocycles. The highest BCUT2D eigenvalue weighted by atomic mass is 32.1. The number of carbonyl (C=O) groups excluding carboxylic acids is 1. The molecule has 1 amide bonds. The largest absolute Gasteiger partial charge is 0.394 e. The first-order valence-corrected chi connectivity index (χ1v) is 6.46. The summed E-state index contributed by atoms with van der Waals surface area (Å²) in [4.78, 5) is 12.6. The van der Waals surface area contributed by atoms with E-state index in [1.807, 2.05) is 37.3 Å². The Morgan fingerprint density at radius 2 is 2.24 bits per heavy atom. The summed E-state index contributed by atoms with van der Waals surface area (Å²) in [6.45, 7) is 1.92. The second-order valence-electron chi connectivity index (χ2n) is 3.91. The predicted molar refractivity (Wildman–Crippen MR) is 70.5 cm³/mol. The van der Waals surface area contributed by atoms with Gasteiger partial charge in [-0.05, 0) is 23.9 Å². The van der Waals surface area contributed by atoms with Gasteiger partial charge in [0.05, 0.1) is 17.5 Å². The van der Waals surface area contributed by atoms with Gasteiger partial charge in [-0.15, -0.1) is 11.3 Å². The highest BCUT2D eigenvalue weighted by Crippen LogP contribution is 2.25. The van der Waals surface area contributed by atoms with Crippen molar-refractivity contribution in [1.29, 1.82) is 0 Å². The number of benzene rings is 1.